The average molecular weight is 382 g/mol. The van der Waals surface area contributed by atoms with E-state index in [1.165, 1.54) is 0 Å². The van der Waals surface area contributed by atoms with Gasteiger partial charge in [0.2, 0.25) is 5.91 Å². The van der Waals surface area contributed by atoms with Crippen molar-refractivity contribution in [1.82, 2.24) is 20.0 Å². The van der Waals surface area contributed by atoms with Crippen molar-refractivity contribution in [3.63, 3.8) is 0 Å². The lowest BCUT2D eigenvalue weighted by atomic mass is 10.0. The van der Waals surface area contributed by atoms with Crippen LogP contribution in [-0.2, 0) is 4.79 Å². The predicted molar refractivity (Wildman–Crippen MR) is 83.3 cm³/mol. The zero-order valence-corrected chi connectivity index (χ0v) is 13.9. The van der Waals surface area contributed by atoms with Gasteiger partial charge in [-0.05, 0) is 28.8 Å². The summed E-state index contributed by atoms with van der Waals surface area (Å²) in [6.45, 7) is 1.74. The molecule has 3 heterocycles. The molecule has 5 nitrogen and oxygen atoms in total. The maximum atomic E-state index is 13.1. The van der Waals surface area contributed by atoms with Gasteiger partial charge in [-0.3, -0.25) is 9.48 Å². The summed E-state index contributed by atoms with van der Waals surface area (Å²) in [5.41, 5.74) is 0. The number of hydrogen-bond acceptors (Lipinski definition) is 3. The molecule has 0 radical (unpaired) electrons. The third-order valence-electron chi connectivity index (χ3n) is 4.10. The molecule has 0 bridgehead atoms. The van der Waals surface area contributed by atoms with Gasteiger partial charge in [-0.25, -0.2) is 4.39 Å². The van der Waals surface area contributed by atoms with E-state index in [0.717, 1.165) is 30.4 Å². The summed E-state index contributed by atoms with van der Waals surface area (Å²) in [5.74, 6) is 0.0465. The summed E-state index contributed by atoms with van der Waals surface area (Å²) < 4.78 is 16.1. The van der Waals surface area contributed by atoms with E-state index in [9.17, 15) is 9.18 Å². The first-order valence-electron chi connectivity index (χ1n) is 6.99. The van der Waals surface area contributed by atoms with Crippen LogP contribution in [0.2, 0.25) is 0 Å². The minimum atomic E-state index is -0.886. The number of aromatic nitrogens is 2. The van der Waals surface area contributed by atoms with Crippen molar-refractivity contribution in [2.45, 2.75) is 37.5 Å². The van der Waals surface area contributed by atoms with Crippen molar-refractivity contribution in [2.24, 2.45) is 0 Å². The van der Waals surface area contributed by atoms with Crippen molar-refractivity contribution in [1.29, 1.82) is 0 Å². The lowest BCUT2D eigenvalue weighted by Gasteiger charge is -2.33. The van der Waals surface area contributed by atoms with Gasteiger partial charge in [0, 0.05) is 32.3 Å². The Kier molecular flexibility index (Phi) is 5.62. The van der Waals surface area contributed by atoms with Gasteiger partial charge in [-0.2, -0.15) is 5.10 Å². The molecule has 0 aromatic carbocycles. The van der Waals surface area contributed by atoms with E-state index in [1.807, 2.05) is 15.8 Å². The minimum absolute atomic E-state index is 0. The van der Waals surface area contributed by atoms with E-state index < -0.39 is 6.17 Å². The van der Waals surface area contributed by atoms with E-state index in [-0.39, 0.29) is 24.4 Å². The lowest BCUT2D eigenvalue weighted by molar-refractivity contribution is -0.134. The molecule has 1 aromatic rings. The van der Waals surface area contributed by atoms with Crippen LogP contribution in [0.15, 0.2) is 16.9 Å². The van der Waals surface area contributed by atoms with Gasteiger partial charge in [0.1, 0.15) is 6.17 Å². The normalized spacial score (nSPS) is 26.7. The Morgan fingerprint density at radius 2 is 2.14 bits per heavy atom. The van der Waals surface area contributed by atoms with E-state index in [1.54, 1.807) is 6.20 Å². The number of rotatable bonds is 2. The van der Waals surface area contributed by atoms with Gasteiger partial charge in [-0.15, -0.1) is 12.4 Å². The molecular formula is C13H19BrClFN4O. The standard InChI is InChI=1S/C13H18BrFN4O.ClH/c14-9-6-17-19(8-9)11-1-3-18(4-2-11)13(20)12-5-10(15)7-16-12;/h6,8,10-12,16H,1-5,7H2;1H/t10-,12+;/m0./s1. The number of halogens is 3. The molecule has 2 aliphatic rings. The SMILES string of the molecule is Cl.O=C([C@H]1C[C@H](F)CN1)N1CCC(n2cc(Br)cn2)CC1. The molecule has 3 rings (SSSR count). The highest BCUT2D eigenvalue weighted by atomic mass is 79.9. The Bertz CT molecular complexity index is 492. The number of carbonyl (C=O) groups excluding carboxylic acids is 1. The molecule has 2 saturated heterocycles. The number of alkyl halides is 1. The maximum Gasteiger partial charge on any atom is 0.239 e. The van der Waals surface area contributed by atoms with Crippen LogP contribution >= 0.6 is 28.3 Å². The van der Waals surface area contributed by atoms with Crippen LogP contribution in [0.3, 0.4) is 0 Å². The highest BCUT2D eigenvalue weighted by Gasteiger charge is 2.34. The lowest BCUT2D eigenvalue weighted by Crippen LogP contribution is -2.47. The molecule has 2 aliphatic heterocycles. The fourth-order valence-electron chi connectivity index (χ4n) is 2.97. The Hall–Kier alpha value is -0.660. The zero-order valence-electron chi connectivity index (χ0n) is 11.5. The molecule has 2 atom stereocenters. The van der Waals surface area contributed by atoms with E-state index >= 15 is 0 Å². The van der Waals surface area contributed by atoms with Crippen LogP contribution in [0, 0.1) is 0 Å². The molecule has 21 heavy (non-hydrogen) atoms. The maximum absolute atomic E-state index is 13.1. The smallest absolute Gasteiger partial charge is 0.239 e. The average Bonchev–Trinajstić information content (AvgIpc) is 3.07. The summed E-state index contributed by atoms with van der Waals surface area (Å²) in [5, 5.41) is 7.26. The molecule has 0 aliphatic carbocycles. The fraction of sp³-hybridized carbons (Fsp3) is 0.692. The molecule has 8 heteroatoms. The molecule has 0 unspecified atom stereocenters. The predicted octanol–water partition coefficient (Wildman–Crippen LogP) is 1.93. The van der Waals surface area contributed by atoms with Crippen LogP contribution < -0.4 is 5.32 Å². The molecular weight excluding hydrogens is 363 g/mol. The van der Waals surface area contributed by atoms with Gasteiger partial charge >= 0.3 is 0 Å². The molecule has 2 fully saturated rings. The molecule has 0 saturated carbocycles. The van der Waals surface area contributed by atoms with E-state index in [4.69, 9.17) is 0 Å². The molecule has 0 spiro atoms. The van der Waals surface area contributed by atoms with Gasteiger partial charge in [0.25, 0.3) is 0 Å². The number of likely N-dealkylation sites (tertiary alicyclic amines) is 1. The Balaban J connectivity index is 0.00000161. The van der Waals surface area contributed by atoms with Gasteiger partial charge in [0.15, 0.2) is 0 Å². The third-order valence-corrected chi connectivity index (χ3v) is 4.51. The third kappa shape index (κ3) is 3.76. The Morgan fingerprint density at radius 1 is 1.43 bits per heavy atom. The number of nitrogens with one attached hydrogen (secondary N) is 1. The highest BCUT2D eigenvalue weighted by Crippen LogP contribution is 2.24. The first kappa shape index (κ1) is 16.7. The molecule has 1 amide bonds. The van der Waals surface area contributed by atoms with Crippen LogP contribution in [-0.4, -0.2) is 52.4 Å². The summed E-state index contributed by atoms with van der Waals surface area (Å²) in [4.78, 5) is 14.1. The van der Waals surface area contributed by atoms with Crippen LogP contribution in [0.5, 0.6) is 0 Å². The van der Waals surface area contributed by atoms with Crippen molar-refractivity contribution in [2.75, 3.05) is 19.6 Å². The van der Waals surface area contributed by atoms with Crippen LogP contribution in [0.4, 0.5) is 4.39 Å². The summed E-state index contributed by atoms with van der Waals surface area (Å²) in [7, 11) is 0. The van der Waals surface area contributed by atoms with Crippen LogP contribution in [0.25, 0.3) is 0 Å². The second-order valence-corrected chi connectivity index (χ2v) is 6.40. The summed E-state index contributed by atoms with van der Waals surface area (Å²) in [6.07, 6.45) is 4.96. The first-order valence-corrected chi connectivity index (χ1v) is 7.78. The Labute approximate surface area is 137 Å². The van der Waals surface area contributed by atoms with Crippen LogP contribution in [0.1, 0.15) is 25.3 Å². The van der Waals surface area contributed by atoms with Gasteiger partial charge < -0.3 is 10.2 Å². The van der Waals surface area contributed by atoms with Gasteiger partial charge in [-0.1, -0.05) is 0 Å². The van der Waals surface area contributed by atoms with E-state index in [0.29, 0.717) is 19.0 Å². The van der Waals surface area contributed by atoms with Crippen molar-refractivity contribution in [3.8, 4) is 0 Å². The fourth-order valence-corrected chi connectivity index (χ4v) is 3.27. The van der Waals surface area contributed by atoms with E-state index in [2.05, 4.69) is 26.3 Å². The number of carbonyl (C=O) groups is 1. The summed E-state index contributed by atoms with van der Waals surface area (Å²) >= 11 is 3.39. The number of amides is 1. The molecule has 1 aromatic heterocycles. The minimum Gasteiger partial charge on any atom is -0.341 e. The second-order valence-electron chi connectivity index (χ2n) is 5.49. The van der Waals surface area contributed by atoms with Gasteiger partial charge in [0.05, 0.1) is 22.8 Å². The number of hydrogen-bond donors (Lipinski definition) is 1. The number of nitrogens with zero attached hydrogens (tertiary/aromatic N) is 3. The number of piperidine rings is 1. The van der Waals surface area contributed by atoms with Crippen molar-refractivity contribution in [3.05, 3.63) is 16.9 Å². The molecule has 1 N–H and O–H groups in total. The topological polar surface area (TPSA) is 50.2 Å². The Morgan fingerprint density at radius 3 is 2.67 bits per heavy atom. The monoisotopic (exact) mass is 380 g/mol. The van der Waals surface area contributed by atoms with Crippen molar-refractivity contribution >= 4 is 34.2 Å². The molecule has 118 valence electrons. The van der Waals surface area contributed by atoms with Crippen molar-refractivity contribution < 1.29 is 9.18 Å². The second kappa shape index (κ2) is 7.07. The first-order chi connectivity index (χ1) is 9.63. The largest absolute Gasteiger partial charge is 0.341 e. The summed E-state index contributed by atoms with van der Waals surface area (Å²) in [6, 6.07) is 0.0104. The highest BCUT2D eigenvalue weighted by molar-refractivity contribution is 9.10. The quantitative estimate of drug-likeness (QED) is 0.852. The zero-order chi connectivity index (χ0) is 14.1.